The maximum absolute atomic E-state index is 13.0. The summed E-state index contributed by atoms with van der Waals surface area (Å²) < 4.78 is 40.3. The number of hydrogen-bond donors (Lipinski definition) is 1. The summed E-state index contributed by atoms with van der Waals surface area (Å²) in [5.41, 5.74) is -0.849. The van der Waals surface area contributed by atoms with E-state index in [4.69, 9.17) is 5.11 Å². The molecule has 0 saturated carbocycles. The number of alkyl halides is 3. The van der Waals surface area contributed by atoms with Crippen LogP contribution in [0.15, 0.2) is 36.7 Å². The molecule has 1 N–H and O–H groups in total. The van der Waals surface area contributed by atoms with Gasteiger partial charge in [0, 0.05) is 24.5 Å². The van der Waals surface area contributed by atoms with Crippen molar-refractivity contribution in [1.82, 2.24) is 9.55 Å². The summed E-state index contributed by atoms with van der Waals surface area (Å²) in [6.45, 7) is 0.0663. The molecule has 0 fully saturated rings. The Morgan fingerprint density at radius 3 is 2.65 bits per heavy atom. The van der Waals surface area contributed by atoms with Crippen LogP contribution in [0, 0.1) is 0 Å². The van der Waals surface area contributed by atoms with Crippen molar-refractivity contribution >= 4 is 5.97 Å². The molecule has 0 aliphatic heterocycles. The molecule has 4 nitrogen and oxygen atoms in total. The predicted molar refractivity (Wildman–Crippen MR) is 64.9 cm³/mol. The quantitative estimate of drug-likeness (QED) is 0.938. The van der Waals surface area contributed by atoms with Gasteiger partial charge in [0.25, 0.3) is 0 Å². The summed E-state index contributed by atoms with van der Waals surface area (Å²) >= 11 is 0. The van der Waals surface area contributed by atoms with Gasteiger partial charge in [-0.05, 0) is 6.07 Å². The lowest BCUT2D eigenvalue weighted by atomic mass is 10.1. The summed E-state index contributed by atoms with van der Waals surface area (Å²) in [5, 5.41) is 8.64. The van der Waals surface area contributed by atoms with Crippen LogP contribution >= 0.6 is 0 Å². The third kappa shape index (κ3) is 2.98. The summed E-state index contributed by atoms with van der Waals surface area (Å²) in [6, 6.07) is 5.09. The number of halogens is 3. The normalized spacial score (nSPS) is 11.6. The summed E-state index contributed by atoms with van der Waals surface area (Å²) in [4.78, 5) is 14.5. The third-order valence-electron chi connectivity index (χ3n) is 2.76. The third-order valence-corrected chi connectivity index (χ3v) is 2.76. The molecule has 1 aromatic carbocycles. The van der Waals surface area contributed by atoms with Gasteiger partial charge in [-0.1, -0.05) is 18.2 Å². The van der Waals surface area contributed by atoms with Crippen LogP contribution < -0.4 is 0 Å². The Bertz CT molecular complexity index is 620. The molecule has 0 radical (unpaired) electrons. The number of rotatable bonds is 4. The van der Waals surface area contributed by atoms with E-state index in [1.807, 2.05) is 0 Å². The van der Waals surface area contributed by atoms with Crippen LogP contribution in [-0.2, 0) is 17.5 Å². The number of benzene rings is 1. The molecule has 0 spiro atoms. The van der Waals surface area contributed by atoms with Crippen LogP contribution in [0.2, 0.25) is 0 Å². The maximum atomic E-state index is 13.0. The van der Waals surface area contributed by atoms with E-state index in [2.05, 4.69) is 4.98 Å². The highest BCUT2D eigenvalue weighted by Crippen LogP contribution is 2.36. The van der Waals surface area contributed by atoms with E-state index in [1.54, 1.807) is 0 Å². The molecule has 1 aromatic heterocycles. The Morgan fingerprint density at radius 1 is 1.30 bits per heavy atom. The Morgan fingerprint density at radius 2 is 2.00 bits per heavy atom. The zero-order valence-electron chi connectivity index (χ0n) is 10.3. The van der Waals surface area contributed by atoms with Gasteiger partial charge in [0.15, 0.2) is 0 Å². The summed E-state index contributed by atoms with van der Waals surface area (Å²) in [7, 11) is 0. The second-order valence-corrected chi connectivity index (χ2v) is 4.13. The first-order chi connectivity index (χ1) is 9.39. The molecule has 106 valence electrons. The molecule has 0 atom stereocenters. The van der Waals surface area contributed by atoms with Crippen LogP contribution in [0.25, 0.3) is 11.4 Å². The van der Waals surface area contributed by atoms with Crippen molar-refractivity contribution in [2.75, 3.05) is 0 Å². The molecule has 7 heteroatoms. The highest BCUT2D eigenvalue weighted by Gasteiger charge is 2.34. The standard InChI is InChI=1S/C13H11F3N2O2/c14-13(15,16)10-4-2-1-3-9(10)12-17-6-8-18(12)7-5-11(19)20/h1-4,6,8H,5,7H2,(H,19,20). The van der Waals surface area contributed by atoms with E-state index in [1.165, 1.54) is 35.2 Å². The van der Waals surface area contributed by atoms with Gasteiger partial charge < -0.3 is 9.67 Å². The highest BCUT2D eigenvalue weighted by molar-refractivity contribution is 5.67. The van der Waals surface area contributed by atoms with Gasteiger partial charge in [0.1, 0.15) is 5.82 Å². The average molecular weight is 284 g/mol. The molecule has 0 bridgehead atoms. The highest BCUT2D eigenvalue weighted by atomic mass is 19.4. The van der Waals surface area contributed by atoms with Crippen molar-refractivity contribution in [3.8, 4) is 11.4 Å². The van der Waals surface area contributed by atoms with E-state index >= 15 is 0 Å². The van der Waals surface area contributed by atoms with Crippen molar-refractivity contribution in [3.05, 3.63) is 42.2 Å². The van der Waals surface area contributed by atoms with Gasteiger partial charge in [0.05, 0.1) is 12.0 Å². The number of carbonyl (C=O) groups is 1. The number of carboxylic acid groups (broad SMARTS) is 1. The van der Waals surface area contributed by atoms with Crippen LogP contribution in [0.5, 0.6) is 0 Å². The second-order valence-electron chi connectivity index (χ2n) is 4.13. The molecule has 0 amide bonds. The molecular weight excluding hydrogens is 273 g/mol. The first-order valence-corrected chi connectivity index (χ1v) is 5.79. The number of imidazole rings is 1. The van der Waals surface area contributed by atoms with Crippen molar-refractivity contribution in [1.29, 1.82) is 0 Å². The minimum Gasteiger partial charge on any atom is -0.481 e. The van der Waals surface area contributed by atoms with E-state index in [0.29, 0.717) is 0 Å². The minimum absolute atomic E-state index is 0.0598. The van der Waals surface area contributed by atoms with Crippen molar-refractivity contribution in [2.24, 2.45) is 0 Å². The van der Waals surface area contributed by atoms with Crippen molar-refractivity contribution in [3.63, 3.8) is 0 Å². The number of hydrogen-bond acceptors (Lipinski definition) is 2. The Hall–Kier alpha value is -2.31. The summed E-state index contributed by atoms with van der Waals surface area (Å²) in [6.07, 6.45) is -1.85. The molecule has 0 saturated heterocycles. The first-order valence-electron chi connectivity index (χ1n) is 5.79. The molecule has 2 rings (SSSR count). The monoisotopic (exact) mass is 284 g/mol. The van der Waals surface area contributed by atoms with E-state index < -0.39 is 17.7 Å². The first kappa shape index (κ1) is 14.1. The van der Waals surface area contributed by atoms with Gasteiger partial charge in [-0.15, -0.1) is 0 Å². The molecule has 2 aromatic rings. The Labute approximate surface area is 112 Å². The summed E-state index contributed by atoms with van der Waals surface area (Å²) in [5.74, 6) is -0.909. The second kappa shape index (κ2) is 5.36. The lowest BCUT2D eigenvalue weighted by Gasteiger charge is -2.13. The van der Waals surface area contributed by atoms with E-state index in [9.17, 15) is 18.0 Å². The molecule has 20 heavy (non-hydrogen) atoms. The zero-order chi connectivity index (χ0) is 14.8. The average Bonchev–Trinajstić information content (AvgIpc) is 2.83. The largest absolute Gasteiger partial charge is 0.481 e. The van der Waals surface area contributed by atoms with Gasteiger partial charge in [0.2, 0.25) is 0 Å². The van der Waals surface area contributed by atoms with Crippen molar-refractivity contribution < 1.29 is 23.1 Å². The SMILES string of the molecule is O=C(O)CCn1ccnc1-c1ccccc1C(F)(F)F. The van der Waals surface area contributed by atoms with Crippen LogP contribution in [-0.4, -0.2) is 20.6 Å². The Kier molecular flexibility index (Phi) is 3.78. The topological polar surface area (TPSA) is 55.1 Å². The molecule has 1 heterocycles. The number of aromatic nitrogens is 2. The fourth-order valence-electron chi connectivity index (χ4n) is 1.88. The lowest BCUT2D eigenvalue weighted by Crippen LogP contribution is -2.10. The molecule has 0 aliphatic carbocycles. The molecular formula is C13H11F3N2O2. The van der Waals surface area contributed by atoms with Crippen LogP contribution in [0.3, 0.4) is 0 Å². The maximum Gasteiger partial charge on any atom is 0.417 e. The lowest BCUT2D eigenvalue weighted by molar-refractivity contribution is -0.138. The minimum atomic E-state index is -4.49. The van der Waals surface area contributed by atoms with Gasteiger partial charge in [-0.3, -0.25) is 4.79 Å². The van der Waals surface area contributed by atoms with E-state index in [0.717, 1.165) is 6.07 Å². The zero-order valence-corrected chi connectivity index (χ0v) is 10.3. The van der Waals surface area contributed by atoms with Gasteiger partial charge in [-0.2, -0.15) is 13.2 Å². The predicted octanol–water partition coefficient (Wildman–Crippen LogP) is 3.04. The fourth-order valence-corrected chi connectivity index (χ4v) is 1.88. The smallest absolute Gasteiger partial charge is 0.417 e. The Balaban J connectivity index is 2.43. The number of aliphatic carboxylic acids is 1. The fraction of sp³-hybridized carbons (Fsp3) is 0.231. The van der Waals surface area contributed by atoms with Crippen LogP contribution in [0.1, 0.15) is 12.0 Å². The van der Waals surface area contributed by atoms with Crippen molar-refractivity contribution in [2.45, 2.75) is 19.1 Å². The molecule has 0 unspecified atom stereocenters. The molecule has 0 aliphatic rings. The van der Waals surface area contributed by atoms with E-state index in [-0.39, 0.29) is 24.4 Å². The van der Waals surface area contributed by atoms with Gasteiger partial charge >= 0.3 is 12.1 Å². The number of aryl methyl sites for hydroxylation is 1. The number of nitrogens with zero attached hydrogens (tertiary/aromatic N) is 2. The number of carboxylic acids is 1. The van der Waals surface area contributed by atoms with Gasteiger partial charge in [-0.25, -0.2) is 4.98 Å². The van der Waals surface area contributed by atoms with Crippen LogP contribution in [0.4, 0.5) is 13.2 Å².